The molecule has 1 aliphatic rings. The zero-order valence-electron chi connectivity index (χ0n) is 20.7. The molecule has 2 unspecified atom stereocenters. The lowest BCUT2D eigenvalue weighted by Gasteiger charge is -2.24. The number of nitrogens with zero attached hydrogens (tertiary/aromatic N) is 4. The molecule has 0 spiro atoms. The first kappa shape index (κ1) is 25.6. The number of aromatic nitrogens is 3. The van der Waals surface area contributed by atoms with Crippen LogP contribution < -0.4 is 10.1 Å². The highest BCUT2D eigenvalue weighted by Gasteiger charge is 2.39. The second-order valence-electron chi connectivity index (χ2n) is 9.35. The molecular weight excluding hydrogens is 505 g/mol. The van der Waals surface area contributed by atoms with E-state index in [9.17, 15) is 14.0 Å². The van der Waals surface area contributed by atoms with Gasteiger partial charge in [0.15, 0.2) is 0 Å². The van der Waals surface area contributed by atoms with Crippen molar-refractivity contribution in [1.29, 1.82) is 0 Å². The molecule has 4 aromatic rings. The highest BCUT2D eigenvalue weighted by Crippen LogP contribution is 2.30. The molecule has 10 heteroatoms. The van der Waals surface area contributed by atoms with Gasteiger partial charge in [-0.3, -0.25) is 9.59 Å². The summed E-state index contributed by atoms with van der Waals surface area (Å²) >= 11 is 1.69. The summed E-state index contributed by atoms with van der Waals surface area (Å²) in [6.45, 7) is 0.584. The average molecular weight is 534 g/mol. The fraction of sp³-hybridized carbons (Fsp3) is 0.286. The van der Waals surface area contributed by atoms with Gasteiger partial charge in [0, 0.05) is 12.2 Å². The number of aryl methyl sites for hydroxylation is 1. The lowest BCUT2D eigenvalue weighted by Crippen LogP contribution is -2.44. The molecule has 1 fully saturated rings. The number of thiophene rings is 1. The van der Waals surface area contributed by atoms with Crippen LogP contribution in [0.4, 0.5) is 10.1 Å². The molecule has 2 aromatic carbocycles. The van der Waals surface area contributed by atoms with Crippen molar-refractivity contribution in [2.24, 2.45) is 5.92 Å². The third-order valence-electron chi connectivity index (χ3n) is 6.60. The predicted molar refractivity (Wildman–Crippen MR) is 142 cm³/mol. The Kier molecular flexibility index (Phi) is 8.08. The topological polar surface area (TPSA) is 89.4 Å². The summed E-state index contributed by atoms with van der Waals surface area (Å²) in [5.74, 6) is 0.617. The molecular formula is C28H28FN5O3S. The molecule has 38 heavy (non-hydrogen) atoms. The van der Waals surface area contributed by atoms with Crippen LogP contribution in [-0.4, -0.2) is 44.1 Å². The van der Waals surface area contributed by atoms with Crippen molar-refractivity contribution in [3.05, 3.63) is 89.4 Å². The van der Waals surface area contributed by atoms with Gasteiger partial charge in [0.1, 0.15) is 42.6 Å². The molecule has 0 aliphatic carbocycles. The number of likely N-dealkylation sites (tertiary alicyclic amines) is 1. The molecule has 2 aromatic heterocycles. The SMILES string of the molecule is O=C(Nc1ccc(Oc2ccc(F)cc2)cc1)C1CC(CCCc2ccsc2)CN1C(=O)Cn1cncn1. The number of carbonyl (C=O) groups excluding carboxylic acids is 2. The van der Waals surface area contributed by atoms with E-state index in [1.54, 1.807) is 52.6 Å². The summed E-state index contributed by atoms with van der Waals surface area (Å²) in [7, 11) is 0. The Morgan fingerprint density at radius 3 is 2.53 bits per heavy atom. The van der Waals surface area contributed by atoms with Gasteiger partial charge in [-0.2, -0.15) is 16.4 Å². The van der Waals surface area contributed by atoms with Crippen LogP contribution in [0.3, 0.4) is 0 Å². The number of ether oxygens (including phenoxy) is 1. The number of benzene rings is 2. The molecule has 3 heterocycles. The van der Waals surface area contributed by atoms with Crippen LogP contribution >= 0.6 is 11.3 Å². The molecule has 196 valence electrons. The van der Waals surface area contributed by atoms with Crippen LogP contribution in [0.5, 0.6) is 11.5 Å². The zero-order valence-corrected chi connectivity index (χ0v) is 21.5. The van der Waals surface area contributed by atoms with Gasteiger partial charge in [-0.1, -0.05) is 0 Å². The van der Waals surface area contributed by atoms with E-state index in [4.69, 9.17) is 4.74 Å². The highest BCUT2D eigenvalue weighted by atomic mass is 32.1. The van der Waals surface area contributed by atoms with Gasteiger partial charge in [0.25, 0.3) is 0 Å². The van der Waals surface area contributed by atoms with Crippen molar-refractivity contribution >= 4 is 28.8 Å². The molecule has 1 N–H and O–H groups in total. The molecule has 0 radical (unpaired) electrons. The molecule has 8 nitrogen and oxygen atoms in total. The minimum absolute atomic E-state index is 0.0425. The Hall–Kier alpha value is -4.05. The van der Waals surface area contributed by atoms with Gasteiger partial charge < -0.3 is 15.0 Å². The number of hydrogen-bond acceptors (Lipinski definition) is 6. The van der Waals surface area contributed by atoms with E-state index < -0.39 is 6.04 Å². The van der Waals surface area contributed by atoms with Crippen molar-refractivity contribution in [1.82, 2.24) is 19.7 Å². The first-order chi connectivity index (χ1) is 18.5. The normalized spacial score (nSPS) is 16.9. The van der Waals surface area contributed by atoms with Gasteiger partial charge in [-0.25, -0.2) is 14.1 Å². The van der Waals surface area contributed by atoms with Gasteiger partial charge in [-0.15, -0.1) is 0 Å². The van der Waals surface area contributed by atoms with Crippen LogP contribution in [0.15, 0.2) is 78.0 Å². The summed E-state index contributed by atoms with van der Waals surface area (Å²) in [5.41, 5.74) is 1.93. The number of amides is 2. The van der Waals surface area contributed by atoms with Crippen molar-refractivity contribution in [3.63, 3.8) is 0 Å². The van der Waals surface area contributed by atoms with E-state index in [1.807, 2.05) is 0 Å². The largest absolute Gasteiger partial charge is 0.457 e. The minimum Gasteiger partial charge on any atom is -0.457 e. The third-order valence-corrected chi connectivity index (χ3v) is 7.34. The first-order valence-electron chi connectivity index (χ1n) is 12.5. The maximum atomic E-state index is 13.3. The Morgan fingerprint density at radius 2 is 1.84 bits per heavy atom. The highest BCUT2D eigenvalue weighted by molar-refractivity contribution is 7.07. The molecule has 0 saturated carbocycles. The Balaban J connectivity index is 1.21. The lowest BCUT2D eigenvalue weighted by molar-refractivity contribution is -0.137. The molecule has 1 aliphatic heterocycles. The minimum atomic E-state index is -0.563. The van der Waals surface area contributed by atoms with Crippen LogP contribution in [-0.2, 0) is 22.6 Å². The Morgan fingerprint density at radius 1 is 1.08 bits per heavy atom. The van der Waals surface area contributed by atoms with E-state index >= 15 is 0 Å². The van der Waals surface area contributed by atoms with Gasteiger partial charge in [-0.05, 0) is 103 Å². The fourth-order valence-corrected chi connectivity index (χ4v) is 5.40. The van der Waals surface area contributed by atoms with Crippen molar-refractivity contribution in [2.75, 3.05) is 11.9 Å². The molecule has 5 rings (SSSR count). The fourth-order valence-electron chi connectivity index (χ4n) is 4.70. The summed E-state index contributed by atoms with van der Waals surface area (Å²) in [4.78, 5) is 32.1. The Bertz CT molecular complexity index is 1330. The number of halogens is 1. The van der Waals surface area contributed by atoms with Gasteiger partial charge >= 0.3 is 0 Å². The standard InChI is InChI=1S/C28H28FN5O3S/c29-22-4-8-24(9-5-22)37-25-10-6-23(7-11-25)32-28(36)26-14-21(3-1-2-20-12-13-38-17-20)15-34(26)27(35)16-33-19-30-18-31-33/h4-13,17-19,21,26H,1-3,14-16H2,(H,32,36). The van der Waals surface area contributed by atoms with Crippen molar-refractivity contribution in [2.45, 2.75) is 38.3 Å². The van der Waals surface area contributed by atoms with Crippen LogP contribution in [0.25, 0.3) is 0 Å². The number of rotatable bonds is 10. The van der Waals surface area contributed by atoms with Gasteiger partial charge in [0.2, 0.25) is 11.8 Å². The smallest absolute Gasteiger partial charge is 0.247 e. The van der Waals surface area contributed by atoms with Crippen LogP contribution in [0, 0.1) is 11.7 Å². The number of carbonyl (C=O) groups is 2. The van der Waals surface area contributed by atoms with Crippen molar-refractivity contribution in [3.8, 4) is 11.5 Å². The number of hydrogen-bond donors (Lipinski definition) is 1. The average Bonchev–Trinajstić information content (AvgIpc) is 3.69. The molecule has 2 amide bonds. The molecule has 0 bridgehead atoms. The third kappa shape index (κ3) is 6.63. The van der Waals surface area contributed by atoms with Crippen molar-refractivity contribution < 1.29 is 18.7 Å². The summed E-state index contributed by atoms with van der Waals surface area (Å²) in [6.07, 6.45) is 6.45. The van der Waals surface area contributed by atoms with E-state index in [-0.39, 0.29) is 30.1 Å². The quantitative estimate of drug-likeness (QED) is 0.305. The second kappa shape index (κ2) is 12.0. The van der Waals surface area contributed by atoms with Crippen LogP contribution in [0.2, 0.25) is 0 Å². The molecule has 2 atom stereocenters. The summed E-state index contributed by atoms with van der Waals surface area (Å²) in [5, 5.41) is 11.2. The number of nitrogens with one attached hydrogen (secondary N) is 1. The maximum absolute atomic E-state index is 13.3. The maximum Gasteiger partial charge on any atom is 0.247 e. The van der Waals surface area contributed by atoms with E-state index in [0.717, 1.165) is 19.3 Å². The second-order valence-corrected chi connectivity index (χ2v) is 10.1. The van der Waals surface area contributed by atoms with E-state index in [0.29, 0.717) is 30.2 Å². The monoisotopic (exact) mass is 533 g/mol. The summed E-state index contributed by atoms with van der Waals surface area (Å²) < 4.78 is 20.3. The van der Waals surface area contributed by atoms with E-state index in [2.05, 4.69) is 32.2 Å². The van der Waals surface area contributed by atoms with Crippen LogP contribution in [0.1, 0.15) is 24.8 Å². The zero-order chi connectivity index (χ0) is 26.3. The van der Waals surface area contributed by atoms with E-state index in [1.165, 1.54) is 35.0 Å². The Labute approximate surface area is 224 Å². The van der Waals surface area contributed by atoms with Gasteiger partial charge in [0.05, 0.1) is 0 Å². The predicted octanol–water partition coefficient (Wildman–Crippen LogP) is 5.15. The number of anilines is 1. The summed E-state index contributed by atoms with van der Waals surface area (Å²) in [6, 6.07) is 14.3. The lowest BCUT2D eigenvalue weighted by atomic mass is 9.97. The molecule has 1 saturated heterocycles. The first-order valence-corrected chi connectivity index (χ1v) is 13.4.